The van der Waals surface area contributed by atoms with Crippen molar-refractivity contribution in [2.24, 2.45) is 0 Å². The number of ether oxygens (including phenoxy) is 1. The van der Waals surface area contributed by atoms with E-state index < -0.39 is 0 Å². The summed E-state index contributed by atoms with van der Waals surface area (Å²) in [4.78, 5) is 22.1. The van der Waals surface area contributed by atoms with Gasteiger partial charge in [-0.3, -0.25) is 4.79 Å². The molecule has 20 heavy (non-hydrogen) atoms. The van der Waals surface area contributed by atoms with Gasteiger partial charge < -0.3 is 14.1 Å². The van der Waals surface area contributed by atoms with E-state index in [0.717, 1.165) is 19.4 Å². The number of nitrogens with zero attached hydrogens (tertiary/aromatic N) is 3. The summed E-state index contributed by atoms with van der Waals surface area (Å²) in [6.07, 6.45) is 7.98. The smallest absolute Gasteiger partial charge is 0.316 e. The quantitative estimate of drug-likeness (QED) is 0.852. The van der Waals surface area contributed by atoms with Crippen molar-refractivity contribution in [3.05, 3.63) is 42.6 Å². The highest BCUT2D eigenvalue weighted by Gasteiger charge is 2.26. The largest absolute Gasteiger partial charge is 0.472 e. The average Bonchev–Trinajstić information content (AvgIpc) is 3.02. The third-order valence-electron chi connectivity index (χ3n) is 3.25. The zero-order valence-electron chi connectivity index (χ0n) is 10.9. The highest BCUT2D eigenvalue weighted by molar-refractivity contribution is 5.93. The Balaban J connectivity index is 1.63. The molecule has 1 amide bonds. The fourth-order valence-electron chi connectivity index (χ4n) is 2.28. The molecule has 0 saturated carbocycles. The van der Waals surface area contributed by atoms with Gasteiger partial charge in [0.15, 0.2) is 0 Å². The molecule has 1 aliphatic heterocycles. The molecule has 0 aromatic carbocycles. The van der Waals surface area contributed by atoms with Crippen LogP contribution in [0.25, 0.3) is 0 Å². The minimum absolute atomic E-state index is 0.0268. The van der Waals surface area contributed by atoms with Gasteiger partial charge in [0, 0.05) is 18.9 Å². The van der Waals surface area contributed by atoms with E-state index in [1.165, 1.54) is 12.5 Å². The highest BCUT2D eigenvalue weighted by atomic mass is 16.5. The number of hydrogen-bond donors (Lipinski definition) is 0. The monoisotopic (exact) mass is 273 g/mol. The van der Waals surface area contributed by atoms with E-state index in [9.17, 15) is 4.79 Å². The Morgan fingerprint density at radius 1 is 1.40 bits per heavy atom. The molecule has 1 atom stereocenters. The zero-order chi connectivity index (χ0) is 13.8. The Morgan fingerprint density at radius 2 is 2.25 bits per heavy atom. The van der Waals surface area contributed by atoms with Gasteiger partial charge in [-0.05, 0) is 25.0 Å². The van der Waals surface area contributed by atoms with Crippen molar-refractivity contribution in [1.82, 2.24) is 14.9 Å². The molecule has 3 heterocycles. The number of furan rings is 1. The maximum Gasteiger partial charge on any atom is 0.316 e. The van der Waals surface area contributed by atoms with Crippen molar-refractivity contribution < 1.29 is 13.9 Å². The predicted octanol–water partition coefficient (Wildman–Crippen LogP) is 1.75. The van der Waals surface area contributed by atoms with Crippen LogP contribution >= 0.6 is 0 Å². The Labute approximate surface area is 116 Å². The first-order chi connectivity index (χ1) is 9.83. The Kier molecular flexibility index (Phi) is 3.62. The second kappa shape index (κ2) is 5.73. The van der Waals surface area contributed by atoms with Gasteiger partial charge in [0.1, 0.15) is 12.4 Å². The summed E-state index contributed by atoms with van der Waals surface area (Å²) in [6.45, 7) is 1.28. The zero-order valence-corrected chi connectivity index (χ0v) is 10.9. The first kappa shape index (κ1) is 12.7. The molecule has 6 nitrogen and oxygen atoms in total. The molecule has 104 valence electrons. The number of carbonyl (C=O) groups excluding carboxylic acids is 1. The van der Waals surface area contributed by atoms with E-state index in [0.29, 0.717) is 18.1 Å². The van der Waals surface area contributed by atoms with Gasteiger partial charge in [0.25, 0.3) is 5.91 Å². The van der Waals surface area contributed by atoms with Gasteiger partial charge in [-0.2, -0.15) is 0 Å². The molecule has 3 rings (SSSR count). The molecule has 1 saturated heterocycles. The number of carbonyl (C=O) groups is 1. The molecular weight excluding hydrogens is 258 g/mol. The van der Waals surface area contributed by atoms with Crippen LogP contribution < -0.4 is 4.74 Å². The highest BCUT2D eigenvalue weighted by Crippen LogP contribution is 2.17. The lowest BCUT2D eigenvalue weighted by Gasteiger charge is -2.32. The molecule has 0 spiro atoms. The van der Waals surface area contributed by atoms with Crippen molar-refractivity contribution in [3.63, 3.8) is 0 Å². The Bertz CT molecular complexity index is 556. The predicted molar refractivity (Wildman–Crippen MR) is 70.3 cm³/mol. The van der Waals surface area contributed by atoms with E-state index in [4.69, 9.17) is 9.15 Å². The van der Waals surface area contributed by atoms with Crippen LogP contribution in [0.2, 0.25) is 0 Å². The topological polar surface area (TPSA) is 68.5 Å². The molecule has 2 aromatic rings. The molecule has 0 unspecified atom stereocenters. The minimum atomic E-state index is -0.0676. The van der Waals surface area contributed by atoms with Gasteiger partial charge in [0.05, 0.1) is 18.4 Å². The van der Waals surface area contributed by atoms with Crippen molar-refractivity contribution in [1.29, 1.82) is 0 Å². The number of likely N-dealkylation sites (tertiary alicyclic amines) is 1. The maximum atomic E-state index is 12.2. The number of piperidine rings is 1. The fraction of sp³-hybridized carbons (Fsp3) is 0.357. The summed E-state index contributed by atoms with van der Waals surface area (Å²) >= 11 is 0. The van der Waals surface area contributed by atoms with Crippen molar-refractivity contribution >= 4 is 5.91 Å². The average molecular weight is 273 g/mol. The summed E-state index contributed by atoms with van der Waals surface area (Å²) in [6, 6.07) is 3.77. The minimum Gasteiger partial charge on any atom is -0.472 e. The lowest BCUT2D eigenvalue weighted by molar-refractivity contribution is 0.0515. The lowest BCUT2D eigenvalue weighted by atomic mass is 10.1. The SMILES string of the molecule is O=C(c1ccoc1)N1CCC[C@H](Oc2ncccn2)C1. The molecule has 1 fully saturated rings. The number of rotatable bonds is 3. The number of aromatic nitrogens is 2. The van der Waals surface area contributed by atoms with E-state index >= 15 is 0 Å². The molecule has 0 N–H and O–H groups in total. The van der Waals surface area contributed by atoms with Crippen LogP contribution in [-0.4, -0.2) is 40.0 Å². The van der Waals surface area contributed by atoms with Gasteiger partial charge in [-0.25, -0.2) is 9.97 Å². The second-order valence-corrected chi connectivity index (χ2v) is 4.68. The lowest BCUT2D eigenvalue weighted by Crippen LogP contribution is -2.44. The maximum absolute atomic E-state index is 12.2. The first-order valence-electron chi connectivity index (χ1n) is 6.58. The Morgan fingerprint density at radius 3 is 3.00 bits per heavy atom. The van der Waals surface area contributed by atoms with Crippen LogP contribution in [-0.2, 0) is 0 Å². The van der Waals surface area contributed by atoms with Crippen LogP contribution in [0.3, 0.4) is 0 Å². The molecule has 0 radical (unpaired) electrons. The van der Waals surface area contributed by atoms with Crippen molar-refractivity contribution in [2.45, 2.75) is 18.9 Å². The van der Waals surface area contributed by atoms with Crippen LogP contribution in [0, 0.1) is 0 Å². The second-order valence-electron chi connectivity index (χ2n) is 4.68. The van der Waals surface area contributed by atoms with Crippen LogP contribution in [0.4, 0.5) is 0 Å². The van der Waals surface area contributed by atoms with E-state index in [1.807, 2.05) is 0 Å². The summed E-state index contributed by atoms with van der Waals surface area (Å²) in [5.41, 5.74) is 0.571. The summed E-state index contributed by atoms with van der Waals surface area (Å²) in [5, 5.41) is 0. The van der Waals surface area contributed by atoms with Gasteiger partial charge >= 0.3 is 6.01 Å². The summed E-state index contributed by atoms with van der Waals surface area (Å²) in [7, 11) is 0. The molecular formula is C14H15N3O3. The third kappa shape index (κ3) is 2.79. The van der Waals surface area contributed by atoms with E-state index in [2.05, 4.69) is 9.97 Å². The van der Waals surface area contributed by atoms with Crippen LogP contribution in [0.15, 0.2) is 41.5 Å². The molecule has 1 aliphatic rings. The molecule has 6 heteroatoms. The van der Waals surface area contributed by atoms with Crippen LogP contribution in [0.5, 0.6) is 6.01 Å². The van der Waals surface area contributed by atoms with Gasteiger partial charge in [0.2, 0.25) is 0 Å². The molecule has 0 aliphatic carbocycles. The molecule has 2 aromatic heterocycles. The third-order valence-corrected chi connectivity index (χ3v) is 3.25. The fourth-order valence-corrected chi connectivity index (χ4v) is 2.28. The normalized spacial score (nSPS) is 18.8. The van der Waals surface area contributed by atoms with Gasteiger partial charge in [-0.15, -0.1) is 0 Å². The summed E-state index contributed by atoms with van der Waals surface area (Å²) in [5.74, 6) is -0.0268. The van der Waals surface area contributed by atoms with Gasteiger partial charge in [-0.1, -0.05) is 0 Å². The van der Waals surface area contributed by atoms with Crippen LogP contribution in [0.1, 0.15) is 23.2 Å². The molecule has 0 bridgehead atoms. The number of amides is 1. The van der Waals surface area contributed by atoms with E-state index in [1.54, 1.807) is 29.4 Å². The standard InChI is InChI=1S/C14H15N3O3/c18-13(11-4-8-19-10-11)17-7-1-3-12(9-17)20-14-15-5-2-6-16-14/h2,4-6,8,10,12H,1,3,7,9H2/t12-/m0/s1. The Hall–Kier alpha value is -2.37. The van der Waals surface area contributed by atoms with Crippen molar-refractivity contribution in [3.8, 4) is 6.01 Å². The number of hydrogen-bond acceptors (Lipinski definition) is 5. The van der Waals surface area contributed by atoms with E-state index in [-0.39, 0.29) is 12.0 Å². The first-order valence-corrected chi connectivity index (χ1v) is 6.58. The van der Waals surface area contributed by atoms with Crippen molar-refractivity contribution in [2.75, 3.05) is 13.1 Å². The summed E-state index contributed by atoms with van der Waals surface area (Å²) < 4.78 is 10.7.